The van der Waals surface area contributed by atoms with Gasteiger partial charge in [0.25, 0.3) is 0 Å². The molecular weight excluding hydrogens is 240 g/mol. The summed E-state index contributed by atoms with van der Waals surface area (Å²) >= 11 is 0. The number of ether oxygens (including phenoxy) is 1. The number of rotatable bonds is 5. The lowest BCUT2D eigenvalue weighted by molar-refractivity contribution is 0.287. The summed E-state index contributed by atoms with van der Waals surface area (Å²) in [7, 11) is -1.93. The predicted molar refractivity (Wildman–Crippen MR) is 66.1 cm³/mol. The molecule has 5 heteroatoms. The molecule has 96 valence electrons. The molecule has 0 radical (unpaired) electrons. The van der Waals surface area contributed by atoms with Crippen LogP contribution in [0.3, 0.4) is 0 Å². The van der Waals surface area contributed by atoms with E-state index < -0.39 is 15.1 Å². The summed E-state index contributed by atoms with van der Waals surface area (Å²) in [5.41, 5.74) is 0.635. The van der Waals surface area contributed by atoms with Crippen molar-refractivity contribution in [2.75, 3.05) is 13.7 Å². The van der Waals surface area contributed by atoms with Crippen molar-refractivity contribution in [3.05, 3.63) is 23.8 Å². The maximum absolute atomic E-state index is 12.2. The fourth-order valence-electron chi connectivity index (χ4n) is 1.69. The van der Waals surface area contributed by atoms with E-state index in [2.05, 4.69) is 0 Å². The molecule has 0 spiro atoms. The molecule has 0 saturated heterocycles. The molecule has 0 aliphatic carbocycles. The summed E-state index contributed by atoms with van der Waals surface area (Å²) in [5.74, 6) is 0.624. The molecule has 0 aromatic heterocycles. The smallest absolute Gasteiger partial charge is 0.183 e. The van der Waals surface area contributed by atoms with Crippen molar-refractivity contribution in [2.45, 2.75) is 30.4 Å². The van der Waals surface area contributed by atoms with Crippen LogP contribution in [0.4, 0.5) is 0 Å². The normalized spacial score (nSPS) is 13.4. The number of sulfone groups is 1. The van der Waals surface area contributed by atoms with E-state index in [-0.39, 0.29) is 11.5 Å². The molecule has 0 amide bonds. The highest BCUT2D eigenvalue weighted by Crippen LogP contribution is 2.25. The molecule has 1 rings (SSSR count). The molecule has 0 fully saturated rings. The fraction of sp³-hybridized carbons (Fsp3) is 0.500. The Morgan fingerprint density at radius 3 is 2.47 bits per heavy atom. The van der Waals surface area contributed by atoms with E-state index in [9.17, 15) is 8.42 Å². The van der Waals surface area contributed by atoms with Gasteiger partial charge in [-0.2, -0.15) is 0 Å². The molecule has 0 saturated carbocycles. The Labute approximate surface area is 102 Å². The molecular formula is C12H18O4S. The van der Waals surface area contributed by atoms with Gasteiger partial charge in [0.1, 0.15) is 5.75 Å². The van der Waals surface area contributed by atoms with Crippen molar-refractivity contribution in [3.8, 4) is 5.75 Å². The van der Waals surface area contributed by atoms with Gasteiger partial charge in [-0.1, -0.05) is 6.92 Å². The highest BCUT2D eigenvalue weighted by Gasteiger charge is 2.26. The second kappa shape index (κ2) is 5.51. The van der Waals surface area contributed by atoms with Crippen LogP contribution < -0.4 is 4.74 Å². The van der Waals surface area contributed by atoms with Crippen LogP contribution >= 0.6 is 0 Å². The van der Waals surface area contributed by atoms with E-state index in [0.717, 1.165) is 0 Å². The second-order valence-electron chi connectivity index (χ2n) is 3.89. The summed E-state index contributed by atoms with van der Waals surface area (Å²) in [6.07, 6.45) is 0.393. The van der Waals surface area contributed by atoms with Gasteiger partial charge in [-0.15, -0.1) is 0 Å². The lowest BCUT2D eigenvalue weighted by Crippen LogP contribution is -2.25. The Morgan fingerprint density at radius 1 is 1.41 bits per heavy atom. The maximum Gasteiger partial charge on any atom is 0.183 e. The van der Waals surface area contributed by atoms with Crippen LogP contribution in [-0.2, 0) is 9.84 Å². The van der Waals surface area contributed by atoms with Gasteiger partial charge in [0.15, 0.2) is 9.84 Å². The zero-order valence-electron chi connectivity index (χ0n) is 10.3. The van der Waals surface area contributed by atoms with Gasteiger partial charge < -0.3 is 9.84 Å². The number of hydrogen-bond acceptors (Lipinski definition) is 4. The fourth-order valence-corrected chi connectivity index (χ4v) is 3.45. The Bertz CT molecular complexity index is 475. The molecule has 1 N–H and O–H groups in total. The first-order chi connectivity index (χ1) is 7.97. The van der Waals surface area contributed by atoms with Crippen molar-refractivity contribution < 1.29 is 18.3 Å². The number of benzene rings is 1. The summed E-state index contributed by atoms with van der Waals surface area (Å²) in [6, 6.07) is 4.82. The van der Waals surface area contributed by atoms with E-state index >= 15 is 0 Å². The van der Waals surface area contributed by atoms with Crippen LogP contribution in [0.5, 0.6) is 5.75 Å². The van der Waals surface area contributed by atoms with Gasteiger partial charge >= 0.3 is 0 Å². The molecule has 1 aromatic carbocycles. The molecule has 1 unspecified atom stereocenters. The first-order valence-electron chi connectivity index (χ1n) is 5.46. The minimum Gasteiger partial charge on any atom is -0.497 e. The molecule has 1 aromatic rings. The Balaban J connectivity index is 3.24. The number of aliphatic hydroxyl groups is 1. The van der Waals surface area contributed by atoms with Crippen molar-refractivity contribution >= 4 is 9.84 Å². The Hall–Kier alpha value is -1.07. The van der Waals surface area contributed by atoms with E-state index in [0.29, 0.717) is 17.7 Å². The topological polar surface area (TPSA) is 63.6 Å². The van der Waals surface area contributed by atoms with E-state index in [1.54, 1.807) is 26.0 Å². The minimum atomic E-state index is -3.46. The SMILES string of the molecule is CCC(CO)S(=O)(=O)c1ccc(OC)cc1C. The second-order valence-corrected chi connectivity index (χ2v) is 6.09. The zero-order valence-corrected chi connectivity index (χ0v) is 11.1. The maximum atomic E-state index is 12.2. The Kier molecular flexibility index (Phi) is 4.54. The van der Waals surface area contributed by atoms with Crippen LogP contribution in [0.15, 0.2) is 23.1 Å². The van der Waals surface area contributed by atoms with E-state index in [4.69, 9.17) is 9.84 Å². The van der Waals surface area contributed by atoms with E-state index in [1.807, 2.05) is 0 Å². The van der Waals surface area contributed by atoms with Crippen LogP contribution in [0.1, 0.15) is 18.9 Å². The molecule has 0 aliphatic heterocycles. The first-order valence-corrected chi connectivity index (χ1v) is 7.01. The number of aryl methyl sites for hydroxylation is 1. The monoisotopic (exact) mass is 258 g/mol. The molecule has 17 heavy (non-hydrogen) atoms. The van der Waals surface area contributed by atoms with Gasteiger partial charge in [0.05, 0.1) is 23.9 Å². The summed E-state index contributed by atoms with van der Waals surface area (Å²) in [6.45, 7) is 3.11. The van der Waals surface area contributed by atoms with Crippen molar-refractivity contribution in [2.24, 2.45) is 0 Å². The van der Waals surface area contributed by atoms with Crippen LogP contribution in [-0.4, -0.2) is 32.5 Å². The molecule has 0 aliphatic rings. The third-order valence-corrected chi connectivity index (χ3v) is 5.22. The zero-order chi connectivity index (χ0) is 13.1. The lowest BCUT2D eigenvalue weighted by atomic mass is 10.2. The highest BCUT2D eigenvalue weighted by atomic mass is 32.2. The lowest BCUT2D eigenvalue weighted by Gasteiger charge is -2.15. The Morgan fingerprint density at radius 2 is 2.06 bits per heavy atom. The molecule has 4 nitrogen and oxygen atoms in total. The summed E-state index contributed by atoms with van der Waals surface area (Å²) < 4.78 is 29.5. The van der Waals surface area contributed by atoms with Crippen molar-refractivity contribution in [1.29, 1.82) is 0 Å². The summed E-state index contributed by atoms with van der Waals surface area (Å²) in [5, 5.41) is 8.37. The van der Waals surface area contributed by atoms with Gasteiger partial charge in [-0.3, -0.25) is 0 Å². The van der Waals surface area contributed by atoms with Gasteiger partial charge in [-0.05, 0) is 37.1 Å². The highest BCUT2D eigenvalue weighted by molar-refractivity contribution is 7.92. The average molecular weight is 258 g/mol. The third kappa shape index (κ3) is 2.79. The standard InChI is InChI=1S/C12H18O4S/c1-4-11(8-13)17(14,15)12-6-5-10(16-3)7-9(12)2/h5-7,11,13H,4,8H2,1-3H3. The summed E-state index contributed by atoms with van der Waals surface area (Å²) in [4.78, 5) is 0.263. The molecule has 0 heterocycles. The number of hydrogen-bond donors (Lipinski definition) is 1. The number of methoxy groups -OCH3 is 1. The quantitative estimate of drug-likeness (QED) is 0.870. The average Bonchev–Trinajstić information content (AvgIpc) is 2.29. The van der Waals surface area contributed by atoms with Gasteiger partial charge in [-0.25, -0.2) is 8.42 Å². The first kappa shape index (κ1) is 14.0. The van der Waals surface area contributed by atoms with E-state index in [1.165, 1.54) is 13.2 Å². The number of aliphatic hydroxyl groups excluding tert-OH is 1. The predicted octanol–water partition coefficient (Wildman–Crippen LogP) is 1.55. The third-order valence-electron chi connectivity index (χ3n) is 2.79. The van der Waals surface area contributed by atoms with Crippen LogP contribution in [0, 0.1) is 6.92 Å². The van der Waals surface area contributed by atoms with Gasteiger partial charge in [0, 0.05) is 0 Å². The van der Waals surface area contributed by atoms with Crippen LogP contribution in [0.25, 0.3) is 0 Å². The molecule has 0 bridgehead atoms. The minimum absolute atomic E-state index is 0.263. The largest absolute Gasteiger partial charge is 0.497 e. The van der Waals surface area contributed by atoms with Gasteiger partial charge in [0.2, 0.25) is 0 Å². The van der Waals surface area contributed by atoms with Crippen LogP contribution in [0.2, 0.25) is 0 Å². The van der Waals surface area contributed by atoms with Crippen molar-refractivity contribution in [1.82, 2.24) is 0 Å². The van der Waals surface area contributed by atoms with Crippen molar-refractivity contribution in [3.63, 3.8) is 0 Å². The molecule has 1 atom stereocenters.